The van der Waals surface area contributed by atoms with Crippen LogP contribution >= 0.6 is 0 Å². The molecule has 1 aromatic rings. The predicted octanol–water partition coefficient (Wildman–Crippen LogP) is 1.66. The minimum absolute atomic E-state index is 0.108. The Kier molecular flexibility index (Phi) is 4.77. The molecule has 2 heterocycles. The van der Waals surface area contributed by atoms with Crippen LogP contribution in [0.15, 0.2) is 18.2 Å². The van der Waals surface area contributed by atoms with Gasteiger partial charge >= 0.3 is 0 Å². The Morgan fingerprint density at radius 2 is 1.79 bits per heavy atom. The molecule has 0 aromatic heterocycles. The van der Waals surface area contributed by atoms with Gasteiger partial charge in [-0.05, 0) is 12.1 Å². The summed E-state index contributed by atoms with van der Waals surface area (Å²) in [4.78, 5) is 25.6. The number of nitrogens with one attached hydrogen (secondary N) is 1. The summed E-state index contributed by atoms with van der Waals surface area (Å²) in [6.07, 6.45) is 0.792. The number of rotatable bonds is 3. The van der Waals surface area contributed by atoms with E-state index in [1.807, 2.05) is 0 Å². The van der Waals surface area contributed by atoms with Crippen LogP contribution in [0.3, 0.4) is 0 Å². The number of hydrogen-bond donors (Lipinski definition) is 1. The highest BCUT2D eigenvalue weighted by molar-refractivity contribution is 6.03. The fraction of sp³-hybridized carbons (Fsp3) is 0.500. The van der Waals surface area contributed by atoms with Gasteiger partial charge in [0, 0.05) is 37.7 Å². The lowest BCUT2D eigenvalue weighted by Gasteiger charge is -2.37. The van der Waals surface area contributed by atoms with Crippen LogP contribution in [0, 0.1) is 11.6 Å². The first-order chi connectivity index (χ1) is 11.5. The van der Waals surface area contributed by atoms with E-state index in [9.17, 15) is 18.4 Å². The fourth-order valence-corrected chi connectivity index (χ4v) is 2.91. The fourth-order valence-electron chi connectivity index (χ4n) is 2.91. The lowest BCUT2D eigenvalue weighted by atomic mass is 10.0. The standard InChI is InChI=1S/C16H18F2N2O4/c17-12-2-1-11(9-13(12)18)19-14(21)10-15(22)20-5-3-16(4-6-20)23-7-8-24-16/h1-2,9H,3-8,10H2,(H,19,21). The highest BCUT2D eigenvalue weighted by Crippen LogP contribution is 2.31. The Morgan fingerprint density at radius 3 is 2.42 bits per heavy atom. The maximum atomic E-state index is 13.1. The SMILES string of the molecule is O=C(CC(=O)N1CCC2(CC1)OCCO2)Nc1ccc(F)c(F)c1. The normalized spacial score (nSPS) is 19.5. The van der Waals surface area contributed by atoms with Crippen LogP contribution in [0.25, 0.3) is 0 Å². The number of piperidine rings is 1. The first kappa shape index (κ1) is 16.8. The second-order valence-corrected chi connectivity index (χ2v) is 5.84. The number of anilines is 1. The molecular weight excluding hydrogens is 322 g/mol. The molecule has 2 amide bonds. The lowest BCUT2D eigenvalue weighted by Crippen LogP contribution is -2.47. The molecule has 8 heteroatoms. The van der Waals surface area contributed by atoms with E-state index in [0.717, 1.165) is 12.1 Å². The zero-order valence-corrected chi connectivity index (χ0v) is 13.0. The van der Waals surface area contributed by atoms with Crippen molar-refractivity contribution in [3.05, 3.63) is 29.8 Å². The van der Waals surface area contributed by atoms with Crippen LogP contribution in [-0.2, 0) is 19.1 Å². The molecule has 130 valence electrons. The summed E-state index contributed by atoms with van der Waals surface area (Å²) in [5.74, 6) is -3.52. The van der Waals surface area contributed by atoms with Crippen molar-refractivity contribution >= 4 is 17.5 Å². The molecule has 1 N–H and O–H groups in total. The zero-order chi connectivity index (χ0) is 17.2. The van der Waals surface area contributed by atoms with Gasteiger partial charge in [-0.2, -0.15) is 0 Å². The summed E-state index contributed by atoms with van der Waals surface area (Å²) >= 11 is 0. The van der Waals surface area contributed by atoms with Crippen molar-refractivity contribution in [3.8, 4) is 0 Å². The van der Waals surface area contributed by atoms with E-state index in [0.29, 0.717) is 39.1 Å². The van der Waals surface area contributed by atoms with Gasteiger partial charge in [0.2, 0.25) is 11.8 Å². The van der Waals surface area contributed by atoms with Crippen LogP contribution in [0.4, 0.5) is 14.5 Å². The summed E-state index contributed by atoms with van der Waals surface area (Å²) in [5.41, 5.74) is 0.108. The van der Waals surface area contributed by atoms with Crippen molar-refractivity contribution in [1.29, 1.82) is 0 Å². The molecule has 2 saturated heterocycles. The van der Waals surface area contributed by atoms with E-state index in [2.05, 4.69) is 5.32 Å². The molecule has 2 aliphatic heterocycles. The second-order valence-electron chi connectivity index (χ2n) is 5.84. The summed E-state index contributed by atoms with van der Waals surface area (Å²) < 4.78 is 37.1. The molecule has 1 aromatic carbocycles. The Morgan fingerprint density at radius 1 is 1.12 bits per heavy atom. The van der Waals surface area contributed by atoms with E-state index >= 15 is 0 Å². The monoisotopic (exact) mass is 340 g/mol. The Balaban J connectivity index is 1.49. The number of halogens is 2. The Labute approximate surface area is 137 Å². The molecule has 2 fully saturated rings. The maximum absolute atomic E-state index is 13.1. The van der Waals surface area contributed by atoms with Crippen molar-refractivity contribution in [2.75, 3.05) is 31.6 Å². The molecule has 24 heavy (non-hydrogen) atoms. The Bertz CT molecular complexity index is 637. The topological polar surface area (TPSA) is 67.9 Å². The summed E-state index contributed by atoms with van der Waals surface area (Å²) in [5, 5.41) is 2.39. The molecule has 0 radical (unpaired) electrons. The molecular formula is C16H18F2N2O4. The molecule has 6 nitrogen and oxygen atoms in total. The Hall–Kier alpha value is -2.06. The highest BCUT2D eigenvalue weighted by atomic mass is 19.2. The smallest absolute Gasteiger partial charge is 0.233 e. The third-order valence-corrected chi connectivity index (χ3v) is 4.21. The van der Waals surface area contributed by atoms with E-state index in [1.54, 1.807) is 4.90 Å². The second kappa shape index (κ2) is 6.82. The molecule has 0 bridgehead atoms. The number of carbonyl (C=O) groups excluding carboxylic acids is 2. The van der Waals surface area contributed by atoms with Crippen molar-refractivity contribution in [2.24, 2.45) is 0 Å². The molecule has 0 aliphatic carbocycles. The van der Waals surface area contributed by atoms with Crippen LogP contribution in [0.5, 0.6) is 0 Å². The first-order valence-corrected chi connectivity index (χ1v) is 7.78. The number of benzene rings is 1. The lowest BCUT2D eigenvalue weighted by molar-refractivity contribution is -0.187. The first-order valence-electron chi connectivity index (χ1n) is 7.78. The van der Waals surface area contributed by atoms with Crippen LogP contribution < -0.4 is 5.32 Å². The van der Waals surface area contributed by atoms with Gasteiger partial charge in [0.05, 0.1) is 13.2 Å². The van der Waals surface area contributed by atoms with Crippen molar-refractivity contribution < 1.29 is 27.8 Å². The van der Waals surface area contributed by atoms with Gasteiger partial charge in [-0.15, -0.1) is 0 Å². The average molecular weight is 340 g/mol. The van der Waals surface area contributed by atoms with Crippen molar-refractivity contribution in [1.82, 2.24) is 4.90 Å². The van der Waals surface area contributed by atoms with Gasteiger partial charge in [0.25, 0.3) is 0 Å². The van der Waals surface area contributed by atoms with Gasteiger partial charge in [0.15, 0.2) is 17.4 Å². The summed E-state index contributed by atoms with van der Waals surface area (Å²) in [7, 11) is 0. The molecule has 1 spiro atoms. The molecule has 0 saturated carbocycles. The van der Waals surface area contributed by atoms with Crippen LogP contribution in [0.2, 0.25) is 0 Å². The largest absolute Gasteiger partial charge is 0.347 e. The van der Waals surface area contributed by atoms with E-state index in [-0.39, 0.29) is 18.0 Å². The summed E-state index contributed by atoms with van der Waals surface area (Å²) in [6.45, 7) is 2.03. The number of amides is 2. The third kappa shape index (κ3) is 3.70. The van der Waals surface area contributed by atoms with Gasteiger partial charge in [0.1, 0.15) is 6.42 Å². The van der Waals surface area contributed by atoms with Crippen molar-refractivity contribution in [3.63, 3.8) is 0 Å². The van der Waals surface area contributed by atoms with Gasteiger partial charge in [-0.1, -0.05) is 0 Å². The minimum atomic E-state index is -1.06. The number of likely N-dealkylation sites (tertiary alicyclic amines) is 1. The van der Waals surface area contributed by atoms with Gasteiger partial charge in [-0.25, -0.2) is 8.78 Å². The third-order valence-electron chi connectivity index (χ3n) is 4.21. The maximum Gasteiger partial charge on any atom is 0.233 e. The number of carbonyl (C=O) groups is 2. The van der Waals surface area contributed by atoms with Crippen molar-refractivity contribution in [2.45, 2.75) is 25.0 Å². The average Bonchev–Trinajstić information content (AvgIpc) is 2.99. The van der Waals surface area contributed by atoms with E-state index < -0.39 is 23.3 Å². The summed E-state index contributed by atoms with van der Waals surface area (Å²) in [6, 6.07) is 3.02. The molecule has 2 aliphatic rings. The number of hydrogen-bond acceptors (Lipinski definition) is 4. The van der Waals surface area contributed by atoms with Crippen LogP contribution in [-0.4, -0.2) is 48.8 Å². The van der Waals surface area contributed by atoms with Gasteiger partial charge in [-0.3, -0.25) is 9.59 Å². The molecule has 0 atom stereocenters. The van der Waals surface area contributed by atoms with Gasteiger partial charge < -0.3 is 19.7 Å². The van der Waals surface area contributed by atoms with Crippen LogP contribution in [0.1, 0.15) is 19.3 Å². The minimum Gasteiger partial charge on any atom is -0.347 e. The molecule has 0 unspecified atom stereocenters. The highest BCUT2D eigenvalue weighted by Gasteiger charge is 2.40. The zero-order valence-electron chi connectivity index (χ0n) is 13.0. The number of nitrogens with zero attached hydrogens (tertiary/aromatic N) is 1. The quantitative estimate of drug-likeness (QED) is 0.850. The van der Waals surface area contributed by atoms with E-state index in [1.165, 1.54) is 6.07 Å². The predicted molar refractivity (Wildman–Crippen MR) is 80.1 cm³/mol. The van der Waals surface area contributed by atoms with E-state index in [4.69, 9.17) is 9.47 Å². The molecule has 3 rings (SSSR count). The number of ether oxygens (including phenoxy) is 2.